The Bertz CT molecular complexity index is 564. The van der Waals surface area contributed by atoms with Gasteiger partial charge in [-0.1, -0.05) is 24.3 Å². The van der Waals surface area contributed by atoms with E-state index in [-0.39, 0.29) is 0 Å². The Morgan fingerprint density at radius 1 is 1.27 bits per heavy atom. The van der Waals surface area contributed by atoms with Crippen LogP contribution in [0.5, 0.6) is 0 Å². The number of nitrogens with zero attached hydrogens (tertiary/aromatic N) is 3. The summed E-state index contributed by atoms with van der Waals surface area (Å²) < 4.78 is 2.20. The van der Waals surface area contributed by atoms with E-state index in [4.69, 9.17) is 5.73 Å². The van der Waals surface area contributed by atoms with Gasteiger partial charge in [0.1, 0.15) is 0 Å². The van der Waals surface area contributed by atoms with Gasteiger partial charge >= 0.3 is 0 Å². The van der Waals surface area contributed by atoms with Crippen molar-refractivity contribution in [3.8, 4) is 0 Å². The third kappa shape index (κ3) is 4.18. The molecule has 2 N–H and O–H groups in total. The molecule has 0 aliphatic carbocycles. The lowest BCUT2D eigenvalue weighted by Gasteiger charge is -2.33. The van der Waals surface area contributed by atoms with Gasteiger partial charge in [0.15, 0.2) is 0 Å². The molecule has 0 amide bonds. The fourth-order valence-electron chi connectivity index (χ4n) is 3.45. The quantitative estimate of drug-likeness (QED) is 0.890. The molecule has 2 heterocycles. The van der Waals surface area contributed by atoms with Gasteiger partial charge in [-0.25, -0.2) is 4.98 Å². The lowest BCUT2D eigenvalue weighted by atomic mass is 9.97. The van der Waals surface area contributed by atoms with Crippen molar-refractivity contribution in [3.05, 3.63) is 54.1 Å². The molecule has 0 bridgehead atoms. The predicted octanol–water partition coefficient (Wildman–Crippen LogP) is 2.30. The predicted molar refractivity (Wildman–Crippen MR) is 89.4 cm³/mol. The normalized spacial score (nSPS) is 19.4. The Hall–Kier alpha value is -1.65. The highest BCUT2D eigenvalue weighted by atomic mass is 15.1. The van der Waals surface area contributed by atoms with E-state index in [2.05, 4.69) is 44.9 Å². The van der Waals surface area contributed by atoms with Crippen LogP contribution in [0.4, 0.5) is 0 Å². The highest BCUT2D eigenvalue weighted by molar-refractivity contribution is 5.23. The third-order valence-electron chi connectivity index (χ3n) is 4.46. The van der Waals surface area contributed by atoms with E-state index in [9.17, 15) is 0 Å². The van der Waals surface area contributed by atoms with Crippen LogP contribution in [0.2, 0.25) is 0 Å². The molecule has 1 fully saturated rings. The van der Waals surface area contributed by atoms with Crippen molar-refractivity contribution >= 4 is 0 Å². The topological polar surface area (TPSA) is 47.1 Å². The van der Waals surface area contributed by atoms with E-state index >= 15 is 0 Å². The molecule has 22 heavy (non-hydrogen) atoms. The maximum atomic E-state index is 5.66. The second kappa shape index (κ2) is 7.56. The van der Waals surface area contributed by atoms with Crippen molar-refractivity contribution < 1.29 is 0 Å². The zero-order chi connectivity index (χ0) is 15.2. The minimum Gasteiger partial charge on any atom is -0.337 e. The zero-order valence-corrected chi connectivity index (χ0v) is 13.2. The van der Waals surface area contributed by atoms with E-state index in [1.165, 1.54) is 37.1 Å². The lowest BCUT2D eigenvalue weighted by Crippen LogP contribution is -2.36. The molecule has 1 aromatic carbocycles. The molecule has 1 saturated heterocycles. The Balaban J connectivity index is 1.56. The molecule has 4 heteroatoms. The molecular weight excluding hydrogens is 272 g/mol. The molecule has 1 aromatic heterocycles. The van der Waals surface area contributed by atoms with Gasteiger partial charge in [0, 0.05) is 32.0 Å². The smallest absolute Gasteiger partial charge is 0.0946 e. The SMILES string of the molecule is NCCc1cccc(CN2CCC[C@@H](Cn3ccnc3)C2)c1. The van der Waals surface area contributed by atoms with Crippen molar-refractivity contribution in [1.29, 1.82) is 0 Å². The summed E-state index contributed by atoms with van der Waals surface area (Å²) in [6, 6.07) is 8.88. The van der Waals surface area contributed by atoms with Gasteiger partial charge in [-0.2, -0.15) is 0 Å². The summed E-state index contributed by atoms with van der Waals surface area (Å²) in [5.74, 6) is 0.732. The van der Waals surface area contributed by atoms with Gasteiger partial charge in [-0.05, 0) is 49.4 Å². The van der Waals surface area contributed by atoms with E-state index in [0.29, 0.717) is 0 Å². The van der Waals surface area contributed by atoms with Crippen LogP contribution in [0, 0.1) is 5.92 Å². The standard InChI is InChI=1S/C18H26N4/c19-7-6-16-3-1-4-17(11-16)12-21-9-2-5-18(13-21)14-22-10-8-20-15-22/h1,3-4,8,10-11,15,18H,2,5-7,9,12-14,19H2/t18-/m1/s1. The van der Waals surface area contributed by atoms with E-state index in [1.54, 1.807) is 0 Å². The molecule has 3 rings (SSSR count). The summed E-state index contributed by atoms with van der Waals surface area (Å²) in [6.07, 6.45) is 9.44. The summed E-state index contributed by atoms with van der Waals surface area (Å²) in [4.78, 5) is 6.73. The van der Waals surface area contributed by atoms with Crippen LogP contribution < -0.4 is 5.73 Å². The average molecular weight is 298 g/mol. The first-order valence-corrected chi connectivity index (χ1v) is 8.29. The summed E-state index contributed by atoms with van der Waals surface area (Å²) >= 11 is 0. The van der Waals surface area contributed by atoms with Crippen LogP contribution in [0.1, 0.15) is 24.0 Å². The van der Waals surface area contributed by atoms with Gasteiger partial charge in [0.25, 0.3) is 0 Å². The number of nitrogens with two attached hydrogens (primary N) is 1. The number of hydrogen-bond donors (Lipinski definition) is 1. The maximum absolute atomic E-state index is 5.66. The van der Waals surface area contributed by atoms with Gasteiger partial charge < -0.3 is 10.3 Å². The molecule has 0 spiro atoms. The molecule has 0 saturated carbocycles. The minimum atomic E-state index is 0.722. The second-order valence-corrected chi connectivity index (χ2v) is 6.36. The van der Waals surface area contributed by atoms with Crippen molar-refractivity contribution in [2.24, 2.45) is 11.7 Å². The Kier molecular flexibility index (Phi) is 5.24. The van der Waals surface area contributed by atoms with Crippen LogP contribution in [0.3, 0.4) is 0 Å². The molecule has 1 atom stereocenters. The second-order valence-electron chi connectivity index (χ2n) is 6.36. The molecule has 1 aliphatic heterocycles. The van der Waals surface area contributed by atoms with Crippen molar-refractivity contribution in [2.45, 2.75) is 32.4 Å². The Morgan fingerprint density at radius 2 is 2.18 bits per heavy atom. The van der Waals surface area contributed by atoms with Crippen molar-refractivity contribution in [1.82, 2.24) is 14.5 Å². The Morgan fingerprint density at radius 3 is 3.00 bits per heavy atom. The summed E-state index contributed by atoms with van der Waals surface area (Å²) in [6.45, 7) is 5.25. The maximum Gasteiger partial charge on any atom is 0.0946 e. The first-order valence-electron chi connectivity index (χ1n) is 8.29. The highest BCUT2D eigenvalue weighted by Crippen LogP contribution is 2.20. The minimum absolute atomic E-state index is 0.722. The fourth-order valence-corrected chi connectivity index (χ4v) is 3.45. The fraction of sp³-hybridized carbons (Fsp3) is 0.500. The molecule has 1 aliphatic rings. The summed E-state index contributed by atoms with van der Waals surface area (Å²) in [5, 5.41) is 0. The number of hydrogen-bond acceptors (Lipinski definition) is 3. The number of likely N-dealkylation sites (tertiary alicyclic amines) is 1. The summed E-state index contributed by atoms with van der Waals surface area (Å²) in [7, 11) is 0. The van der Waals surface area contributed by atoms with Crippen molar-refractivity contribution in [3.63, 3.8) is 0 Å². The third-order valence-corrected chi connectivity index (χ3v) is 4.46. The monoisotopic (exact) mass is 298 g/mol. The largest absolute Gasteiger partial charge is 0.337 e. The van der Waals surface area contributed by atoms with Gasteiger partial charge in [-0.3, -0.25) is 4.90 Å². The molecule has 2 aromatic rings. The number of imidazole rings is 1. The van der Waals surface area contributed by atoms with Crippen LogP contribution in [-0.2, 0) is 19.5 Å². The van der Waals surface area contributed by atoms with E-state index in [0.717, 1.165) is 32.0 Å². The molecule has 0 radical (unpaired) electrons. The average Bonchev–Trinajstić information content (AvgIpc) is 3.01. The molecule has 118 valence electrons. The number of rotatable bonds is 6. The lowest BCUT2D eigenvalue weighted by molar-refractivity contribution is 0.156. The molecular formula is C18H26N4. The number of aromatic nitrogens is 2. The van der Waals surface area contributed by atoms with Gasteiger partial charge in [0.05, 0.1) is 6.33 Å². The first-order chi connectivity index (χ1) is 10.8. The van der Waals surface area contributed by atoms with Crippen LogP contribution in [-0.4, -0.2) is 34.1 Å². The van der Waals surface area contributed by atoms with Gasteiger partial charge in [0.2, 0.25) is 0 Å². The van der Waals surface area contributed by atoms with Crippen LogP contribution in [0.15, 0.2) is 43.0 Å². The Labute approximate surface area is 133 Å². The van der Waals surface area contributed by atoms with E-state index in [1.807, 2.05) is 12.5 Å². The van der Waals surface area contributed by atoms with Crippen LogP contribution >= 0.6 is 0 Å². The summed E-state index contributed by atoms with van der Waals surface area (Å²) in [5.41, 5.74) is 8.42. The van der Waals surface area contributed by atoms with Gasteiger partial charge in [-0.15, -0.1) is 0 Å². The molecule has 4 nitrogen and oxygen atoms in total. The molecule has 0 unspecified atom stereocenters. The first kappa shape index (κ1) is 15.3. The number of piperidine rings is 1. The van der Waals surface area contributed by atoms with Crippen LogP contribution in [0.25, 0.3) is 0 Å². The van der Waals surface area contributed by atoms with E-state index < -0.39 is 0 Å². The highest BCUT2D eigenvalue weighted by Gasteiger charge is 2.20. The zero-order valence-electron chi connectivity index (χ0n) is 13.2. The number of benzene rings is 1. The van der Waals surface area contributed by atoms with Crippen molar-refractivity contribution in [2.75, 3.05) is 19.6 Å².